The first kappa shape index (κ1) is 16.6. The van der Waals surface area contributed by atoms with Crippen molar-refractivity contribution < 1.29 is 14.3 Å². The van der Waals surface area contributed by atoms with Crippen LogP contribution in [0.25, 0.3) is 6.08 Å². The van der Waals surface area contributed by atoms with E-state index < -0.39 is 0 Å². The number of carbonyl (C=O) groups is 1. The van der Waals surface area contributed by atoms with Gasteiger partial charge in [0.15, 0.2) is 15.8 Å². The van der Waals surface area contributed by atoms with Gasteiger partial charge in [0.05, 0.1) is 10.6 Å². The second kappa shape index (κ2) is 6.82. The number of halogens is 1. The summed E-state index contributed by atoms with van der Waals surface area (Å²) in [6, 6.07) is 13.1. The molecule has 126 valence electrons. The Morgan fingerprint density at radius 2 is 1.80 bits per heavy atom. The fourth-order valence-electron chi connectivity index (χ4n) is 2.58. The van der Waals surface area contributed by atoms with Gasteiger partial charge in [-0.1, -0.05) is 46.0 Å². The molecule has 0 spiro atoms. The van der Waals surface area contributed by atoms with Gasteiger partial charge in [-0.05, 0) is 48.0 Å². The molecule has 7 heteroatoms. The van der Waals surface area contributed by atoms with Crippen LogP contribution in [0.3, 0.4) is 0 Å². The van der Waals surface area contributed by atoms with E-state index in [4.69, 9.17) is 21.7 Å². The lowest BCUT2D eigenvalue weighted by Crippen LogP contribution is -2.27. The molecule has 0 unspecified atom stereocenters. The Balaban J connectivity index is 1.63. The zero-order valence-corrected chi connectivity index (χ0v) is 16.1. The molecule has 2 aliphatic heterocycles. The first-order chi connectivity index (χ1) is 12.1. The molecule has 0 atom stereocenters. The maximum absolute atomic E-state index is 12.8. The summed E-state index contributed by atoms with van der Waals surface area (Å²) in [5.74, 6) is 1.31. The largest absolute Gasteiger partial charge is 0.486 e. The van der Waals surface area contributed by atoms with E-state index in [2.05, 4.69) is 15.9 Å². The molecule has 2 aromatic rings. The first-order valence-corrected chi connectivity index (χ1v) is 9.57. The third kappa shape index (κ3) is 3.31. The van der Waals surface area contributed by atoms with Crippen molar-refractivity contribution in [1.82, 2.24) is 0 Å². The Bertz CT molecular complexity index is 896. The topological polar surface area (TPSA) is 38.8 Å². The number of fused-ring (bicyclic) bond motifs is 1. The minimum Gasteiger partial charge on any atom is -0.486 e. The van der Waals surface area contributed by atoms with E-state index in [1.54, 1.807) is 4.90 Å². The summed E-state index contributed by atoms with van der Waals surface area (Å²) < 4.78 is 12.6. The molecule has 4 rings (SSSR count). The van der Waals surface area contributed by atoms with Crippen molar-refractivity contribution in [3.63, 3.8) is 0 Å². The predicted octanol–water partition coefficient (Wildman–Crippen LogP) is 4.63. The summed E-state index contributed by atoms with van der Waals surface area (Å²) in [7, 11) is 0. The van der Waals surface area contributed by atoms with Gasteiger partial charge in [-0.2, -0.15) is 0 Å². The molecule has 0 radical (unpaired) electrons. The second-order valence-corrected chi connectivity index (χ2v) is 7.99. The Morgan fingerprint density at radius 1 is 1.08 bits per heavy atom. The number of hydrogen-bond donors (Lipinski definition) is 0. The molecule has 0 saturated carbocycles. The molecule has 2 aromatic carbocycles. The van der Waals surface area contributed by atoms with Crippen LogP contribution in [0.2, 0.25) is 0 Å². The molecule has 1 fully saturated rings. The van der Waals surface area contributed by atoms with Crippen molar-refractivity contribution in [3.8, 4) is 11.5 Å². The maximum atomic E-state index is 12.8. The summed E-state index contributed by atoms with van der Waals surface area (Å²) in [6.07, 6.45) is 1.83. The highest BCUT2D eigenvalue weighted by Crippen LogP contribution is 2.37. The van der Waals surface area contributed by atoms with Crippen LogP contribution >= 0.6 is 39.9 Å². The van der Waals surface area contributed by atoms with E-state index in [0.717, 1.165) is 21.5 Å². The predicted molar refractivity (Wildman–Crippen MR) is 107 cm³/mol. The lowest BCUT2D eigenvalue weighted by molar-refractivity contribution is -0.113. The summed E-state index contributed by atoms with van der Waals surface area (Å²) in [4.78, 5) is 14.9. The Labute approximate surface area is 162 Å². The molecular weight excluding hydrogens is 422 g/mol. The lowest BCUT2D eigenvalue weighted by Gasteiger charge is -2.18. The molecule has 2 heterocycles. The van der Waals surface area contributed by atoms with E-state index in [1.165, 1.54) is 11.8 Å². The molecule has 4 nitrogen and oxygen atoms in total. The van der Waals surface area contributed by atoms with E-state index in [0.29, 0.717) is 28.2 Å². The second-order valence-electron chi connectivity index (χ2n) is 5.40. The minimum atomic E-state index is -0.118. The smallest absolute Gasteiger partial charge is 0.270 e. The molecular formula is C18H12BrNO3S2. The van der Waals surface area contributed by atoms with Gasteiger partial charge in [0.25, 0.3) is 5.91 Å². The summed E-state index contributed by atoms with van der Waals surface area (Å²) in [6.45, 7) is 1.08. The van der Waals surface area contributed by atoms with Crippen LogP contribution in [0.5, 0.6) is 11.5 Å². The average Bonchev–Trinajstić information content (AvgIpc) is 2.89. The number of anilines is 1. The number of nitrogens with zero attached hydrogens (tertiary/aromatic N) is 1. The number of hydrogen-bond acceptors (Lipinski definition) is 5. The maximum Gasteiger partial charge on any atom is 0.270 e. The number of thioether (sulfide) groups is 1. The van der Waals surface area contributed by atoms with Crippen LogP contribution in [0.1, 0.15) is 5.56 Å². The molecule has 0 aliphatic carbocycles. The Morgan fingerprint density at radius 3 is 2.56 bits per heavy atom. The van der Waals surface area contributed by atoms with Gasteiger partial charge in [-0.15, -0.1) is 0 Å². The van der Waals surface area contributed by atoms with Crippen molar-refractivity contribution in [3.05, 3.63) is 57.4 Å². The third-order valence-corrected chi connectivity index (χ3v) is 5.57. The van der Waals surface area contributed by atoms with Crippen molar-refractivity contribution in [2.45, 2.75) is 0 Å². The van der Waals surface area contributed by atoms with E-state index in [1.807, 2.05) is 48.5 Å². The van der Waals surface area contributed by atoms with Crippen LogP contribution in [-0.2, 0) is 4.79 Å². The number of benzene rings is 2. The van der Waals surface area contributed by atoms with E-state index in [-0.39, 0.29) is 5.91 Å². The van der Waals surface area contributed by atoms with Crippen LogP contribution in [0, 0.1) is 0 Å². The molecule has 0 bridgehead atoms. The molecule has 2 aliphatic rings. The van der Waals surface area contributed by atoms with Crippen molar-refractivity contribution in [2.75, 3.05) is 18.1 Å². The Kier molecular flexibility index (Phi) is 4.54. The summed E-state index contributed by atoms with van der Waals surface area (Å²) in [5, 5.41) is 0. The first-order valence-electron chi connectivity index (χ1n) is 7.55. The SMILES string of the molecule is O=C1/C(=C/c2ccc3c(c2)OCCO3)SC(=S)N1c1ccc(Br)cc1. The molecule has 25 heavy (non-hydrogen) atoms. The monoisotopic (exact) mass is 433 g/mol. The van der Waals surface area contributed by atoms with Crippen molar-refractivity contribution in [1.29, 1.82) is 0 Å². The number of carbonyl (C=O) groups excluding carboxylic acids is 1. The van der Waals surface area contributed by atoms with Crippen LogP contribution in [-0.4, -0.2) is 23.4 Å². The van der Waals surface area contributed by atoms with Crippen LogP contribution in [0.15, 0.2) is 51.8 Å². The fraction of sp³-hybridized carbons (Fsp3) is 0.111. The number of ether oxygens (including phenoxy) is 2. The van der Waals surface area contributed by atoms with Crippen molar-refractivity contribution >= 4 is 61.9 Å². The number of thiocarbonyl (C=S) groups is 1. The van der Waals surface area contributed by atoms with Crippen molar-refractivity contribution in [2.24, 2.45) is 0 Å². The van der Waals surface area contributed by atoms with E-state index in [9.17, 15) is 4.79 Å². The number of rotatable bonds is 2. The van der Waals surface area contributed by atoms with Gasteiger partial charge in [-0.25, -0.2) is 0 Å². The molecule has 1 amide bonds. The minimum absolute atomic E-state index is 0.118. The zero-order chi connectivity index (χ0) is 17.4. The highest BCUT2D eigenvalue weighted by atomic mass is 79.9. The van der Waals surface area contributed by atoms with E-state index >= 15 is 0 Å². The quantitative estimate of drug-likeness (QED) is 0.509. The van der Waals surface area contributed by atoms with Gasteiger partial charge < -0.3 is 9.47 Å². The van der Waals surface area contributed by atoms with Gasteiger partial charge in [0, 0.05) is 4.47 Å². The normalized spacial score (nSPS) is 18.1. The number of amides is 1. The summed E-state index contributed by atoms with van der Waals surface area (Å²) in [5.41, 5.74) is 1.64. The molecule has 0 aromatic heterocycles. The average molecular weight is 434 g/mol. The van der Waals surface area contributed by atoms with Gasteiger partial charge in [-0.3, -0.25) is 9.69 Å². The van der Waals surface area contributed by atoms with Gasteiger partial charge in [0.2, 0.25) is 0 Å². The lowest BCUT2D eigenvalue weighted by atomic mass is 10.1. The van der Waals surface area contributed by atoms with Gasteiger partial charge >= 0.3 is 0 Å². The van der Waals surface area contributed by atoms with Crippen LogP contribution < -0.4 is 14.4 Å². The molecule has 1 saturated heterocycles. The summed E-state index contributed by atoms with van der Waals surface area (Å²) >= 11 is 10.1. The molecule has 0 N–H and O–H groups in total. The van der Waals surface area contributed by atoms with Gasteiger partial charge in [0.1, 0.15) is 13.2 Å². The standard InChI is InChI=1S/C18H12BrNO3S2/c19-12-2-4-13(5-3-12)20-17(21)16(25-18(20)24)10-11-1-6-14-15(9-11)23-8-7-22-14/h1-6,9-10H,7-8H2/b16-10-. The van der Waals surface area contributed by atoms with Crippen LogP contribution in [0.4, 0.5) is 5.69 Å². The third-order valence-electron chi connectivity index (χ3n) is 3.74. The highest BCUT2D eigenvalue weighted by Gasteiger charge is 2.33. The highest BCUT2D eigenvalue weighted by molar-refractivity contribution is 9.10. The Hall–Kier alpha value is -1.83. The zero-order valence-electron chi connectivity index (χ0n) is 12.9. The fourth-order valence-corrected chi connectivity index (χ4v) is 4.14.